The second-order valence-electron chi connectivity index (χ2n) is 7.63. The average Bonchev–Trinajstić information content (AvgIpc) is 2.94. The topological polar surface area (TPSA) is 45.6 Å². The Kier molecular flexibility index (Phi) is 6.11. The zero-order chi connectivity index (χ0) is 21.3. The Bertz CT molecular complexity index is 1110. The number of thioether (sulfide) groups is 1. The molecule has 5 nitrogen and oxygen atoms in total. The van der Waals surface area contributed by atoms with Crippen LogP contribution < -0.4 is 10.5 Å². The quantitative estimate of drug-likeness (QED) is 0.404. The second-order valence-corrected chi connectivity index (χ2v) is 9.30. The smallest absolute Gasteiger partial charge is 0.266 e. The van der Waals surface area contributed by atoms with Gasteiger partial charge in [-0.3, -0.25) is 14.5 Å². The van der Waals surface area contributed by atoms with Crippen LogP contribution in [0.25, 0.3) is 17.0 Å². The number of aryl methyl sites for hydroxylation is 1. The van der Waals surface area contributed by atoms with E-state index in [4.69, 9.17) is 12.2 Å². The van der Waals surface area contributed by atoms with Crippen molar-refractivity contribution in [3.63, 3.8) is 0 Å². The van der Waals surface area contributed by atoms with Crippen LogP contribution in [0.1, 0.15) is 31.2 Å². The summed E-state index contributed by atoms with van der Waals surface area (Å²) < 4.78 is 2.17. The van der Waals surface area contributed by atoms with Crippen LogP contribution in [0, 0.1) is 0 Å². The number of carbonyl (C=O) groups excluding carboxylic acids is 1. The molecule has 0 unspecified atom stereocenters. The number of para-hydroxylation sites is 1. The molecule has 30 heavy (non-hydrogen) atoms. The van der Waals surface area contributed by atoms with Crippen molar-refractivity contribution in [3.8, 4) is 0 Å². The highest BCUT2D eigenvalue weighted by Gasteiger charge is 2.32. The fourth-order valence-corrected chi connectivity index (χ4v) is 5.44. The van der Waals surface area contributed by atoms with Crippen molar-refractivity contribution in [2.75, 3.05) is 24.5 Å². The highest BCUT2D eigenvalue weighted by molar-refractivity contribution is 8.26. The molecule has 2 fully saturated rings. The third kappa shape index (κ3) is 3.72. The molecular formula is C23H25N3O2S2. The molecule has 1 aromatic carbocycles. The van der Waals surface area contributed by atoms with Gasteiger partial charge in [0, 0.05) is 32.1 Å². The maximum Gasteiger partial charge on any atom is 0.266 e. The predicted molar refractivity (Wildman–Crippen MR) is 130 cm³/mol. The molecule has 2 aliphatic rings. The Labute approximate surface area is 186 Å². The maximum absolute atomic E-state index is 13.4. The maximum atomic E-state index is 13.4. The summed E-state index contributed by atoms with van der Waals surface area (Å²) in [4.78, 5) is 30.7. The Balaban J connectivity index is 1.93. The van der Waals surface area contributed by atoms with Gasteiger partial charge in [-0.25, -0.2) is 0 Å². The largest absolute Gasteiger partial charge is 0.370 e. The van der Waals surface area contributed by atoms with E-state index in [9.17, 15) is 9.59 Å². The number of amides is 1. The van der Waals surface area contributed by atoms with Gasteiger partial charge in [-0.1, -0.05) is 61.1 Å². The van der Waals surface area contributed by atoms with Crippen molar-refractivity contribution in [1.82, 2.24) is 9.47 Å². The molecule has 2 saturated heterocycles. The minimum absolute atomic E-state index is 0.0954. The number of hydrogen-bond acceptors (Lipinski definition) is 5. The van der Waals surface area contributed by atoms with Crippen LogP contribution in [0.15, 0.2) is 46.6 Å². The number of benzene rings is 1. The Morgan fingerprint density at radius 1 is 1.13 bits per heavy atom. The van der Waals surface area contributed by atoms with E-state index in [0.29, 0.717) is 21.3 Å². The van der Waals surface area contributed by atoms with Crippen molar-refractivity contribution < 1.29 is 4.79 Å². The molecule has 1 aromatic heterocycles. The van der Waals surface area contributed by atoms with Gasteiger partial charge >= 0.3 is 0 Å². The van der Waals surface area contributed by atoms with Gasteiger partial charge in [-0.05, 0) is 25.0 Å². The molecule has 156 valence electrons. The summed E-state index contributed by atoms with van der Waals surface area (Å²) in [6.45, 7) is 5.90. The third-order valence-corrected chi connectivity index (χ3v) is 7.07. The van der Waals surface area contributed by atoms with E-state index in [0.717, 1.165) is 42.5 Å². The Morgan fingerprint density at radius 2 is 1.83 bits per heavy atom. The van der Waals surface area contributed by atoms with Crippen LogP contribution in [0.5, 0.6) is 0 Å². The number of thiocarbonyl (C=S) groups is 1. The van der Waals surface area contributed by atoms with Crippen molar-refractivity contribution in [2.45, 2.75) is 25.7 Å². The second kappa shape index (κ2) is 8.78. The van der Waals surface area contributed by atoms with Crippen molar-refractivity contribution >= 4 is 56.9 Å². The minimum atomic E-state index is -0.165. The van der Waals surface area contributed by atoms with E-state index in [2.05, 4.69) is 17.5 Å². The van der Waals surface area contributed by atoms with Crippen LogP contribution in [-0.4, -0.2) is 39.3 Å². The number of carbonyl (C=O) groups is 1. The fourth-order valence-electron chi connectivity index (χ4n) is 4.19. The summed E-state index contributed by atoms with van der Waals surface area (Å²) in [6.07, 6.45) is 8.02. The van der Waals surface area contributed by atoms with Gasteiger partial charge in [-0.2, -0.15) is 0 Å². The van der Waals surface area contributed by atoms with Gasteiger partial charge in [0.1, 0.15) is 4.32 Å². The van der Waals surface area contributed by atoms with Crippen molar-refractivity contribution in [1.29, 1.82) is 0 Å². The molecule has 0 aliphatic carbocycles. The highest BCUT2D eigenvalue weighted by atomic mass is 32.2. The van der Waals surface area contributed by atoms with Gasteiger partial charge in [0.2, 0.25) is 0 Å². The molecule has 0 N–H and O–H groups in total. The molecule has 0 atom stereocenters. The zero-order valence-corrected chi connectivity index (χ0v) is 18.7. The third-order valence-electron chi connectivity index (χ3n) is 5.69. The zero-order valence-electron chi connectivity index (χ0n) is 17.1. The standard InChI is InChI=1S/C23H25N3O2S2/c1-3-12-26-22(28)19(30-23(26)29)15-17-20(25-13-8-4-5-9-14-25)16-10-6-7-11-18(16)24(2)21(17)27/h3,6-7,10-11,15H,1,4-5,8-9,12-14H2,2H3. The molecule has 3 heterocycles. The SMILES string of the molecule is C=CCN1C(=O)C(=Cc2c(N3CCCCCC3)c3ccccc3n(C)c2=O)SC1=S. The average molecular weight is 440 g/mol. The number of fused-ring (bicyclic) bond motifs is 1. The van der Waals surface area contributed by atoms with E-state index in [1.807, 2.05) is 18.2 Å². The molecule has 0 spiro atoms. The molecule has 4 rings (SSSR count). The molecule has 2 aromatic rings. The van der Waals surface area contributed by atoms with Gasteiger partial charge in [0.25, 0.3) is 11.5 Å². The lowest BCUT2D eigenvalue weighted by atomic mass is 10.1. The summed E-state index contributed by atoms with van der Waals surface area (Å²) in [7, 11) is 1.79. The van der Waals surface area contributed by atoms with Gasteiger partial charge < -0.3 is 9.47 Å². The lowest BCUT2D eigenvalue weighted by molar-refractivity contribution is -0.121. The van der Waals surface area contributed by atoms with E-state index in [1.54, 1.807) is 23.8 Å². The molecule has 0 saturated carbocycles. The predicted octanol–water partition coefficient (Wildman–Crippen LogP) is 4.31. The van der Waals surface area contributed by atoms with Crippen molar-refractivity contribution in [3.05, 3.63) is 57.7 Å². The van der Waals surface area contributed by atoms with E-state index >= 15 is 0 Å². The van der Waals surface area contributed by atoms with Crippen LogP contribution in [0.4, 0.5) is 5.69 Å². The van der Waals surface area contributed by atoms with E-state index in [1.165, 1.54) is 29.5 Å². The number of nitrogens with zero attached hydrogens (tertiary/aromatic N) is 3. The van der Waals surface area contributed by atoms with Crippen LogP contribution in [0.3, 0.4) is 0 Å². The number of rotatable bonds is 4. The minimum Gasteiger partial charge on any atom is -0.370 e. The first-order valence-corrected chi connectivity index (χ1v) is 11.5. The summed E-state index contributed by atoms with van der Waals surface area (Å²) >= 11 is 6.62. The molecular weight excluding hydrogens is 414 g/mol. The molecule has 0 radical (unpaired) electrons. The lowest BCUT2D eigenvalue weighted by Gasteiger charge is -2.27. The first-order valence-electron chi connectivity index (χ1n) is 10.3. The monoisotopic (exact) mass is 439 g/mol. The number of aromatic nitrogens is 1. The number of anilines is 1. The summed E-state index contributed by atoms with van der Waals surface area (Å²) in [5.41, 5.74) is 2.31. The molecule has 2 aliphatic heterocycles. The highest BCUT2D eigenvalue weighted by Crippen LogP contribution is 2.36. The van der Waals surface area contributed by atoms with Gasteiger partial charge in [0.05, 0.1) is 21.7 Å². The fraction of sp³-hybridized carbons (Fsp3) is 0.348. The lowest BCUT2D eigenvalue weighted by Crippen LogP contribution is -2.30. The normalized spacial score (nSPS) is 19.0. The first-order chi connectivity index (χ1) is 14.5. The molecule has 7 heteroatoms. The Morgan fingerprint density at radius 3 is 2.53 bits per heavy atom. The van der Waals surface area contributed by atoms with Gasteiger partial charge in [0.15, 0.2) is 0 Å². The van der Waals surface area contributed by atoms with Crippen LogP contribution >= 0.6 is 24.0 Å². The molecule has 1 amide bonds. The van der Waals surface area contributed by atoms with E-state index in [-0.39, 0.29) is 11.5 Å². The number of hydrogen-bond donors (Lipinski definition) is 0. The first kappa shape index (κ1) is 20.9. The summed E-state index contributed by atoms with van der Waals surface area (Å²) in [5.74, 6) is -0.165. The van der Waals surface area contributed by atoms with E-state index < -0.39 is 0 Å². The summed E-state index contributed by atoms with van der Waals surface area (Å²) in [6, 6.07) is 8.00. The van der Waals surface area contributed by atoms with Crippen molar-refractivity contribution in [2.24, 2.45) is 7.05 Å². The van der Waals surface area contributed by atoms with Crippen LogP contribution in [-0.2, 0) is 11.8 Å². The summed E-state index contributed by atoms with van der Waals surface area (Å²) in [5, 5.41) is 1.04. The number of pyridine rings is 1. The van der Waals surface area contributed by atoms with Gasteiger partial charge in [-0.15, -0.1) is 6.58 Å². The van der Waals surface area contributed by atoms with Crippen LogP contribution in [0.2, 0.25) is 0 Å². The Hall–Kier alpha value is -2.38. The molecule has 0 bridgehead atoms.